The van der Waals surface area contributed by atoms with Crippen molar-refractivity contribution in [3.05, 3.63) is 83.4 Å². The minimum absolute atomic E-state index is 1.08. The molecule has 19 heavy (non-hydrogen) atoms. The zero-order valence-corrected chi connectivity index (χ0v) is 11.9. The van der Waals surface area contributed by atoms with Gasteiger partial charge in [-0.15, -0.1) is 0 Å². The highest BCUT2D eigenvalue weighted by Gasteiger charge is 2.07. The summed E-state index contributed by atoms with van der Waals surface area (Å²) < 4.78 is 0. The summed E-state index contributed by atoms with van der Waals surface area (Å²) in [6, 6.07) is 17.1. The molecular formula is C19H20. The minimum atomic E-state index is 1.08. The molecule has 96 valence electrons. The van der Waals surface area contributed by atoms with Gasteiger partial charge in [0.15, 0.2) is 0 Å². The van der Waals surface area contributed by atoms with E-state index in [2.05, 4.69) is 82.0 Å². The van der Waals surface area contributed by atoms with E-state index >= 15 is 0 Å². The summed E-state index contributed by atoms with van der Waals surface area (Å²) in [5.41, 5.74) is 7.22. The molecule has 0 N–H and O–H groups in total. The van der Waals surface area contributed by atoms with E-state index in [1.807, 2.05) is 0 Å². The number of hydrogen-bond donors (Lipinski definition) is 0. The van der Waals surface area contributed by atoms with E-state index < -0.39 is 0 Å². The highest BCUT2D eigenvalue weighted by molar-refractivity contribution is 6.03. The molecule has 0 nitrogen and oxygen atoms in total. The van der Waals surface area contributed by atoms with Crippen LogP contribution in [-0.4, -0.2) is 0 Å². The van der Waals surface area contributed by atoms with Crippen molar-refractivity contribution in [3.63, 3.8) is 0 Å². The van der Waals surface area contributed by atoms with Gasteiger partial charge in [-0.1, -0.05) is 72.3 Å². The Morgan fingerprint density at radius 3 is 1.63 bits per heavy atom. The summed E-state index contributed by atoms with van der Waals surface area (Å²) in [5.74, 6) is 0. The van der Waals surface area contributed by atoms with Gasteiger partial charge < -0.3 is 0 Å². The Labute approximate surface area is 116 Å². The molecule has 0 saturated carbocycles. The van der Waals surface area contributed by atoms with E-state index in [0.717, 1.165) is 5.57 Å². The Balaban J connectivity index is 2.35. The summed E-state index contributed by atoms with van der Waals surface area (Å²) >= 11 is 0. The molecule has 0 radical (unpaired) electrons. The molecule has 0 amide bonds. The molecular weight excluding hydrogens is 228 g/mol. The lowest BCUT2D eigenvalue weighted by Crippen LogP contribution is -1.90. The molecule has 0 bridgehead atoms. The van der Waals surface area contributed by atoms with Crippen LogP contribution in [0.15, 0.2) is 61.2 Å². The van der Waals surface area contributed by atoms with E-state index in [1.165, 1.54) is 27.8 Å². The fourth-order valence-corrected chi connectivity index (χ4v) is 2.16. The van der Waals surface area contributed by atoms with Crippen LogP contribution in [0.4, 0.5) is 0 Å². The van der Waals surface area contributed by atoms with Crippen LogP contribution in [0.1, 0.15) is 29.2 Å². The fourth-order valence-electron chi connectivity index (χ4n) is 2.16. The lowest BCUT2D eigenvalue weighted by Gasteiger charge is -2.12. The van der Waals surface area contributed by atoms with Crippen molar-refractivity contribution in [3.8, 4) is 0 Å². The third kappa shape index (κ3) is 3.03. The molecule has 0 aliphatic heterocycles. The van der Waals surface area contributed by atoms with Crippen molar-refractivity contribution < 1.29 is 0 Å². The number of allylic oxidation sites excluding steroid dienone is 3. The van der Waals surface area contributed by atoms with Crippen LogP contribution in [0.2, 0.25) is 0 Å². The van der Waals surface area contributed by atoms with Crippen molar-refractivity contribution >= 4 is 11.1 Å². The first kappa shape index (κ1) is 13.4. The molecule has 0 spiro atoms. The summed E-state index contributed by atoms with van der Waals surface area (Å²) in [5, 5.41) is 0. The van der Waals surface area contributed by atoms with Crippen molar-refractivity contribution in [1.29, 1.82) is 0 Å². The molecule has 0 heteroatoms. The summed E-state index contributed by atoms with van der Waals surface area (Å²) in [6.45, 7) is 10.5. The summed E-state index contributed by atoms with van der Waals surface area (Å²) in [4.78, 5) is 0. The van der Waals surface area contributed by atoms with Gasteiger partial charge in [-0.3, -0.25) is 0 Å². The van der Waals surface area contributed by atoms with Gasteiger partial charge in [0.25, 0.3) is 0 Å². The van der Waals surface area contributed by atoms with E-state index in [9.17, 15) is 0 Å². The normalized spacial score (nSPS) is 11.4. The molecule has 0 saturated heterocycles. The Bertz CT molecular complexity index is 595. The highest BCUT2D eigenvalue weighted by Crippen LogP contribution is 2.29. The maximum Gasteiger partial charge on any atom is -0.0154 e. The summed E-state index contributed by atoms with van der Waals surface area (Å²) in [7, 11) is 0. The molecule has 0 aliphatic carbocycles. The van der Waals surface area contributed by atoms with Crippen LogP contribution in [-0.2, 0) is 0 Å². The summed E-state index contributed by atoms with van der Waals surface area (Å²) in [6.07, 6.45) is 2.13. The van der Waals surface area contributed by atoms with Crippen molar-refractivity contribution in [1.82, 2.24) is 0 Å². The predicted molar refractivity (Wildman–Crippen MR) is 85.0 cm³/mol. The molecule has 2 rings (SSSR count). The average molecular weight is 248 g/mol. The Morgan fingerprint density at radius 1 is 0.789 bits per heavy atom. The van der Waals surface area contributed by atoms with Gasteiger partial charge in [0.1, 0.15) is 0 Å². The molecule has 0 unspecified atom stereocenters. The first-order valence-corrected chi connectivity index (χ1v) is 6.61. The van der Waals surface area contributed by atoms with Crippen LogP contribution in [0.3, 0.4) is 0 Å². The SMILES string of the molecule is C=C(C(=CC)c1ccc(C)cc1)c1ccc(C)cc1. The van der Waals surface area contributed by atoms with Crippen molar-refractivity contribution in [2.45, 2.75) is 20.8 Å². The molecule has 0 heterocycles. The van der Waals surface area contributed by atoms with E-state index in [0.29, 0.717) is 0 Å². The molecule has 0 fully saturated rings. The molecule has 2 aromatic rings. The quantitative estimate of drug-likeness (QED) is 0.636. The van der Waals surface area contributed by atoms with Gasteiger partial charge in [0.05, 0.1) is 0 Å². The van der Waals surface area contributed by atoms with Crippen molar-refractivity contribution in [2.75, 3.05) is 0 Å². The lowest BCUT2D eigenvalue weighted by molar-refractivity contribution is 1.44. The van der Waals surface area contributed by atoms with Gasteiger partial charge in [-0.25, -0.2) is 0 Å². The average Bonchev–Trinajstić information content (AvgIpc) is 2.42. The highest BCUT2D eigenvalue weighted by atomic mass is 14.1. The second-order valence-corrected chi connectivity index (χ2v) is 4.91. The third-order valence-corrected chi connectivity index (χ3v) is 3.38. The van der Waals surface area contributed by atoms with Crippen LogP contribution in [0.25, 0.3) is 11.1 Å². The largest absolute Gasteiger partial charge is 0.0905 e. The third-order valence-electron chi connectivity index (χ3n) is 3.38. The Morgan fingerprint density at radius 2 is 1.21 bits per heavy atom. The van der Waals surface area contributed by atoms with Crippen LogP contribution in [0, 0.1) is 13.8 Å². The van der Waals surface area contributed by atoms with Gasteiger partial charge in [-0.2, -0.15) is 0 Å². The molecule has 0 aliphatic rings. The smallest absolute Gasteiger partial charge is 0.0154 e. The predicted octanol–water partition coefficient (Wildman–Crippen LogP) is 5.42. The van der Waals surface area contributed by atoms with E-state index in [1.54, 1.807) is 0 Å². The Kier molecular flexibility index (Phi) is 4.01. The van der Waals surface area contributed by atoms with Crippen LogP contribution >= 0.6 is 0 Å². The molecule has 2 aromatic carbocycles. The maximum atomic E-state index is 4.26. The number of rotatable bonds is 3. The lowest BCUT2D eigenvalue weighted by atomic mass is 9.92. The topological polar surface area (TPSA) is 0 Å². The number of benzene rings is 2. The van der Waals surface area contributed by atoms with Gasteiger partial charge in [0, 0.05) is 0 Å². The van der Waals surface area contributed by atoms with Crippen LogP contribution < -0.4 is 0 Å². The standard InChI is InChI=1S/C19H20/c1-5-19(18-12-8-15(3)9-13-18)16(4)17-10-6-14(2)7-11-17/h5-13H,4H2,1-3H3. The number of aryl methyl sites for hydroxylation is 2. The first-order chi connectivity index (χ1) is 9.11. The van der Waals surface area contributed by atoms with Gasteiger partial charge >= 0.3 is 0 Å². The zero-order chi connectivity index (χ0) is 13.8. The second kappa shape index (κ2) is 5.71. The molecule has 0 atom stereocenters. The first-order valence-electron chi connectivity index (χ1n) is 6.61. The number of hydrogen-bond acceptors (Lipinski definition) is 0. The van der Waals surface area contributed by atoms with Crippen molar-refractivity contribution in [2.24, 2.45) is 0 Å². The fraction of sp³-hybridized carbons (Fsp3) is 0.158. The zero-order valence-electron chi connectivity index (χ0n) is 11.9. The van der Waals surface area contributed by atoms with E-state index in [4.69, 9.17) is 0 Å². The maximum absolute atomic E-state index is 4.26. The van der Waals surface area contributed by atoms with Crippen LogP contribution in [0.5, 0.6) is 0 Å². The van der Waals surface area contributed by atoms with Gasteiger partial charge in [0.2, 0.25) is 0 Å². The minimum Gasteiger partial charge on any atom is -0.0905 e. The second-order valence-electron chi connectivity index (χ2n) is 4.91. The Hall–Kier alpha value is -2.08. The molecule has 0 aromatic heterocycles. The van der Waals surface area contributed by atoms with Gasteiger partial charge in [-0.05, 0) is 43.0 Å². The van der Waals surface area contributed by atoms with E-state index in [-0.39, 0.29) is 0 Å². The monoisotopic (exact) mass is 248 g/mol.